The van der Waals surface area contributed by atoms with Gasteiger partial charge in [0.1, 0.15) is 5.00 Å². The van der Waals surface area contributed by atoms with Crippen molar-refractivity contribution >= 4 is 54.9 Å². The molecule has 2 aromatic heterocycles. The van der Waals surface area contributed by atoms with E-state index >= 15 is 0 Å². The average molecular weight is 436 g/mol. The van der Waals surface area contributed by atoms with Crippen molar-refractivity contribution in [2.45, 2.75) is 13.8 Å². The predicted octanol–water partition coefficient (Wildman–Crippen LogP) is 3.34. The Kier molecular flexibility index (Phi) is 5.19. The summed E-state index contributed by atoms with van der Waals surface area (Å²) in [7, 11) is 0. The van der Waals surface area contributed by atoms with E-state index < -0.39 is 11.5 Å². The van der Waals surface area contributed by atoms with Crippen LogP contribution < -0.4 is 10.9 Å². The second kappa shape index (κ2) is 7.38. The molecule has 0 atom stereocenters. The number of esters is 1. The van der Waals surface area contributed by atoms with E-state index in [1.165, 1.54) is 6.92 Å². The van der Waals surface area contributed by atoms with E-state index in [4.69, 9.17) is 4.74 Å². The number of benzene rings is 1. The maximum Gasteiger partial charge on any atom is 0.359 e. The van der Waals surface area contributed by atoms with E-state index in [0.717, 1.165) is 20.5 Å². The molecule has 0 aliphatic heterocycles. The highest BCUT2D eigenvalue weighted by molar-refractivity contribution is 9.10. The molecule has 1 N–H and O–H groups in total. The zero-order chi connectivity index (χ0) is 18.8. The summed E-state index contributed by atoms with van der Waals surface area (Å²) < 4.78 is 7.05. The lowest BCUT2D eigenvalue weighted by atomic mass is 10.2. The van der Waals surface area contributed by atoms with Crippen LogP contribution in [0.1, 0.15) is 24.3 Å². The highest BCUT2D eigenvalue weighted by atomic mass is 79.9. The smallest absolute Gasteiger partial charge is 0.359 e. The first-order chi connectivity index (χ1) is 12.4. The molecular formula is C17H14BrN3O4S. The number of halogens is 1. The van der Waals surface area contributed by atoms with Crippen LogP contribution >= 0.6 is 27.3 Å². The van der Waals surface area contributed by atoms with E-state index in [-0.39, 0.29) is 23.6 Å². The molecule has 0 aliphatic carbocycles. The summed E-state index contributed by atoms with van der Waals surface area (Å²) in [6.07, 6.45) is 0. The second-order valence-electron chi connectivity index (χ2n) is 5.30. The number of anilines is 1. The van der Waals surface area contributed by atoms with Crippen molar-refractivity contribution in [2.24, 2.45) is 0 Å². The molecule has 3 aromatic rings. The Morgan fingerprint density at radius 2 is 2.00 bits per heavy atom. The Labute approximate surface area is 160 Å². The van der Waals surface area contributed by atoms with Crippen LogP contribution in [0.3, 0.4) is 0 Å². The fourth-order valence-corrected chi connectivity index (χ4v) is 3.66. The Hall–Kier alpha value is -2.52. The van der Waals surface area contributed by atoms with E-state index in [1.807, 2.05) is 0 Å². The maximum atomic E-state index is 13.0. The van der Waals surface area contributed by atoms with Gasteiger partial charge in [0.15, 0.2) is 5.69 Å². The number of nitrogens with one attached hydrogen (secondary N) is 1. The minimum absolute atomic E-state index is 0.0252. The summed E-state index contributed by atoms with van der Waals surface area (Å²) in [5.74, 6) is -0.937. The first-order valence-corrected chi connectivity index (χ1v) is 9.34. The number of amides is 1. The summed E-state index contributed by atoms with van der Waals surface area (Å²) in [6.45, 7) is 3.23. The molecule has 134 valence electrons. The number of hydrogen-bond donors (Lipinski definition) is 1. The van der Waals surface area contributed by atoms with Crippen LogP contribution in [0.25, 0.3) is 16.5 Å². The SMILES string of the molecule is CCOC(=O)c1nn(-c2ccc(Br)cc2)c(=O)c2c(NC(C)=O)scc12. The topological polar surface area (TPSA) is 90.3 Å². The van der Waals surface area contributed by atoms with Gasteiger partial charge in [0, 0.05) is 22.2 Å². The minimum Gasteiger partial charge on any atom is -0.461 e. The summed E-state index contributed by atoms with van der Waals surface area (Å²) in [5.41, 5.74) is 0.0863. The number of nitrogens with zero attached hydrogens (tertiary/aromatic N) is 2. The third kappa shape index (κ3) is 3.40. The zero-order valence-electron chi connectivity index (χ0n) is 13.9. The Balaban J connectivity index is 2.32. The third-order valence-electron chi connectivity index (χ3n) is 3.48. The molecule has 26 heavy (non-hydrogen) atoms. The van der Waals surface area contributed by atoms with Crippen LogP contribution in [-0.2, 0) is 9.53 Å². The first-order valence-electron chi connectivity index (χ1n) is 7.67. The standard InChI is InChI=1S/C17H14BrN3O4S/c1-3-25-17(24)14-12-8-26-15(19-9(2)22)13(12)16(23)21(20-14)11-6-4-10(18)5-7-11/h4-8H,3H2,1-2H3,(H,19,22). The number of ether oxygens (including phenoxy) is 1. The van der Waals surface area contributed by atoms with Crippen LogP contribution in [0.15, 0.2) is 38.9 Å². The average Bonchev–Trinajstić information content (AvgIpc) is 3.00. The van der Waals surface area contributed by atoms with Gasteiger partial charge in [-0.05, 0) is 31.2 Å². The summed E-state index contributed by atoms with van der Waals surface area (Å²) in [5, 5.41) is 9.43. The quantitative estimate of drug-likeness (QED) is 0.634. The van der Waals surface area contributed by atoms with Gasteiger partial charge in [0.05, 0.1) is 17.7 Å². The van der Waals surface area contributed by atoms with Gasteiger partial charge < -0.3 is 10.1 Å². The normalized spacial score (nSPS) is 10.7. The molecular weight excluding hydrogens is 422 g/mol. The summed E-state index contributed by atoms with van der Waals surface area (Å²) in [4.78, 5) is 36.8. The van der Waals surface area contributed by atoms with Crippen LogP contribution in [0, 0.1) is 0 Å². The maximum absolute atomic E-state index is 13.0. The predicted molar refractivity (Wildman–Crippen MR) is 103 cm³/mol. The fourth-order valence-electron chi connectivity index (χ4n) is 2.41. The van der Waals surface area contributed by atoms with E-state index in [0.29, 0.717) is 16.1 Å². The molecule has 9 heteroatoms. The van der Waals surface area contributed by atoms with Crippen molar-refractivity contribution in [2.75, 3.05) is 11.9 Å². The second-order valence-corrected chi connectivity index (χ2v) is 7.09. The van der Waals surface area contributed by atoms with Crippen molar-refractivity contribution in [3.63, 3.8) is 0 Å². The number of aromatic nitrogens is 2. The number of rotatable bonds is 4. The van der Waals surface area contributed by atoms with E-state index in [2.05, 4.69) is 26.3 Å². The van der Waals surface area contributed by atoms with E-state index in [1.54, 1.807) is 36.6 Å². The van der Waals surface area contributed by atoms with Gasteiger partial charge in [-0.3, -0.25) is 9.59 Å². The summed E-state index contributed by atoms with van der Waals surface area (Å²) in [6, 6.07) is 6.92. The number of carbonyl (C=O) groups excluding carboxylic acids is 2. The number of fused-ring (bicyclic) bond motifs is 1. The minimum atomic E-state index is -0.629. The molecule has 0 saturated heterocycles. The van der Waals surface area contributed by atoms with Gasteiger partial charge in [0.25, 0.3) is 5.56 Å². The molecule has 3 rings (SSSR count). The van der Waals surface area contributed by atoms with Gasteiger partial charge >= 0.3 is 5.97 Å². The summed E-state index contributed by atoms with van der Waals surface area (Å²) >= 11 is 4.50. The lowest BCUT2D eigenvalue weighted by Gasteiger charge is -2.09. The molecule has 0 saturated carbocycles. The monoisotopic (exact) mass is 435 g/mol. The molecule has 1 aromatic carbocycles. The van der Waals surface area contributed by atoms with Crippen molar-refractivity contribution in [3.8, 4) is 5.69 Å². The lowest BCUT2D eigenvalue weighted by Crippen LogP contribution is -2.25. The lowest BCUT2D eigenvalue weighted by molar-refractivity contribution is -0.114. The van der Waals surface area contributed by atoms with Crippen molar-refractivity contribution in [1.82, 2.24) is 9.78 Å². The van der Waals surface area contributed by atoms with Crippen LogP contribution in [0.2, 0.25) is 0 Å². The Morgan fingerprint density at radius 1 is 1.31 bits per heavy atom. The molecule has 1 amide bonds. The number of hydrogen-bond acceptors (Lipinski definition) is 6. The molecule has 2 heterocycles. The Bertz CT molecular complexity index is 1060. The van der Waals surface area contributed by atoms with Crippen LogP contribution in [-0.4, -0.2) is 28.3 Å². The van der Waals surface area contributed by atoms with Gasteiger partial charge in [-0.15, -0.1) is 11.3 Å². The first kappa shape index (κ1) is 18.3. The molecule has 0 unspecified atom stereocenters. The molecule has 0 radical (unpaired) electrons. The largest absolute Gasteiger partial charge is 0.461 e. The number of carbonyl (C=O) groups is 2. The zero-order valence-corrected chi connectivity index (χ0v) is 16.3. The van der Waals surface area contributed by atoms with E-state index in [9.17, 15) is 14.4 Å². The molecule has 0 fully saturated rings. The fraction of sp³-hybridized carbons (Fsp3) is 0.176. The molecule has 7 nitrogen and oxygen atoms in total. The van der Waals surface area contributed by atoms with Gasteiger partial charge in [-0.1, -0.05) is 15.9 Å². The van der Waals surface area contributed by atoms with Crippen LogP contribution in [0.5, 0.6) is 0 Å². The van der Waals surface area contributed by atoms with Crippen molar-refractivity contribution < 1.29 is 14.3 Å². The Morgan fingerprint density at radius 3 is 2.62 bits per heavy atom. The third-order valence-corrected chi connectivity index (χ3v) is 4.91. The van der Waals surface area contributed by atoms with Crippen LogP contribution in [0.4, 0.5) is 5.00 Å². The molecule has 0 aliphatic rings. The molecule has 0 bridgehead atoms. The van der Waals surface area contributed by atoms with Crippen molar-refractivity contribution in [3.05, 3.63) is 50.2 Å². The van der Waals surface area contributed by atoms with Gasteiger partial charge in [0.2, 0.25) is 5.91 Å². The highest BCUT2D eigenvalue weighted by Gasteiger charge is 2.22. The van der Waals surface area contributed by atoms with Gasteiger partial charge in [-0.25, -0.2) is 4.79 Å². The number of thiophene rings is 1. The van der Waals surface area contributed by atoms with Crippen molar-refractivity contribution in [1.29, 1.82) is 0 Å². The highest BCUT2D eigenvalue weighted by Crippen LogP contribution is 2.30. The van der Waals surface area contributed by atoms with Gasteiger partial charge in [-0.2, -0.15) is 9.78 Å². The molecule has 0 spiro atoms.